The fourth-order valence-corrected chi connectivity index (χ4v) is 11.6. The third-order valence-electron chi connectivity index (χ3n) is 13.8. The molecule has 1 N–H and O–H groups in total. The number of hydrogen-bond acceptors (Lipinski definition) is 3. The number of hydrogen-bond donors (Lipinski definition) is 1. The van der Waals surface area contributed by atoms with Gasteiger partial charge in [0.2, 0.25) is 5.91 Å². The minimum Gasteiger partial charge on any atom is -0.390 e. The van der Waals surface area contributed by atoms with Gasteiger partial charge in [-0.15, -0.1) is 0 Å². The number of rotatable bonds is 5. The van der Waals surface area contributed by atoms with Crippen LogP contribution in [0.5, 0.6) is 0 Å². The molecule has 0 bridgehead atoms. The summed E-state index contributed by atoms with van der Waals surface area (Å²) < 4.78 is 6.29. The molecule has 0 aromatic heterocycles. The van der Waals surface area contributed by atoms with Crippen molar-refractivity contribution in [3.8, 4) is 0 Å². The fraction of sp³-hybridized carbons (Fsp3) is 0.968. The first-order valence-corrected chi connectivity index (χ1v) is 15.1. The lowest BCUT2D eigenvalue weighted by molar-refractivity contribution is -0.161. The molecule has 0 aromatic rings. The summed E-state index contributed by atoms with van der Waals surface area (Å²) in [6.07, 6.45) is 14.4. The van der Waals surface area contributed by atoms with Gasteiger partial charge in [-0.1, -0.05) is 27.7 Å². The van der Waals surface area contributed by atoms with Gasteiger partial charge in [0.05, 0.1) is 11.7 Å². The van der Waals surface area contributed by atoms with Crippen LogP contribution in [-0.4, -0.2) is 47.8 Å². The number of carbonyl (C=O) groups excluding carboxylic acids is 1. The number of methoxy groups -OCH3 is 1. The van der Waals surface area contributed by atoms with E-state index < -0.39 is 5.60 Å². The molecule has 1 aliphatic heterocycles. The summed E-state index contributed by atoms with van der Waals surface area (Å²) in [6, 6.07) is 0. The monoisotopic (exact) mass is 485 g/mol. The van der Waals surface area contributed by atoms with Crippen molar-refractivity contribution in [1.29, 1.82) is 0 Å². The smallest absolute Gasteiger partial charge is 0.222 e. The van der Waals surface area contributed by atoms with Gasteiger partial charge in [0.1, 0.15) is 0 Å². The number of ether oxygens (including phenoxy) is 1. The molecular weight excluding hydrogens is 434 g/mol. The van der Waals surface area contributed by atoms with E-state index in [0.29, 0.717) is 46.5 Å². The molecule has 5 aliphatic carbocycles. The van der Waals surface area contributed by atoms with Gasteiger partial charge in [0, 0.05) is 32.0 Å². The molecule has 4 heteroatoms. The molecule has 198 valence electrons. The van der Waals surface area contributed by atoms with Gasteiger partial charge < -0.3 is 14.7 Å². The third kappa shape index (κ3) is 3.33. The number of carbonyl (C=O) groups is 1. The molecule has 1 heterocycles. The van der Waals surface area contributed by atoms with Crippen LogP contribution < -0.4 is 0 Å². The summed E-state index contributed by atoms with van der Waals surface area (Å²) in [6.45, 7) is 11.2. The lowest BCUT2D eigenvalue weighted by Gasteiger charge is -2.61. The van der Waals surface area contributed by atoms with Crippen molar-refractivity contribution in [2.75, 3.05) is 20.2 Å². The SMILES string of the molecule is CCC1(O)CCN(C(=O)C[C@@H](C)[C@H]2CC[C@H]3[C@@H]4CC(OC)[C@]56C[C@H]5CC[C@]6(C)[C@H]4CC[C@]23C)CC1. The van der Waals surface area contributed by atoms with E-state index in [-0.39, 0.29) is 0 Å². The average molecular weight is 486 g/mol. The predicted molar refractivity (Wildman–Crippen MR) is 139 cm³/mol. The zero-order valence-electron chi connectivity index (χ0n) is 23.2. The average Bonchev–Trinajstić information content (AvgIpc) is 3.35. The van der Waals surface area contributed by atoms with Crippen LogP contribution in [0.3, 0.4) is 0 Å². The van der Waals surface area contributed by atoms with Gasteiger partial charge in [-0.25, -0.2) is 0 Å². The molecule has 0 aromatic carbocycles. The van der Waals surface area contributed by atoms with Crippen LogP contribution in [0.25, 0.3) is 0 Å². The van der Waals surface area contributed by atoms with Gasteiger partial charge in [-0.2, -0.15) is 0 Å². The summed E-state index contributed by atoms with van der Waals surface area (Å²) in [7, 11) is 1.99. The summed E-state index contributed by atoms with van der Waals surface area (Å²) in [4.78, 5) is 15.3. The summed E-state index contributed by atoms with van der Waals surface area (Å²) in [5, 5.41) is 10.6. The highest BCUT2D eigenvalue weighted by atomic mass is 16.5. The lowest BCUT2D eigenvalue weighted by atomic mass is 9.45. The molecule has 1 saturated heterocycles. The highest BCUT2D eigenvalue weighted by Gasteiger charge is 2.77. The predicted octanol–water partition coefficient (Wildman–Crippen LogP) is 6.06. The Balaban J connectivity index is 1.15. The molecule has 5 saturated carbocycles. The second-order valence-corrected chi connectivity index (χ2v) is 14.6. The van der Waals surface area contributed by atoms with Crippen molar-refractivity contribution < 1.29 is 14.6 Å². The fourth-order valence-electron chi connectivity index (χ4n) is 11.6. The molecule has 6 fully saturated rings. The Morgan fingerprint density at radius 1 is 1.06 bits per heavy atom. The molecule has 1 unspecified atom stereocenters. The van der Waals surface area contributed by atoms with Gasteiger partial charge in [-0.05, 0) is 117 Å². The first-order valence-electron chi connectivity index (χ1n) is 15.1. The van der Waals surface area contributed by atoms with Crippen LogP contribution in [-0.2, 0) is 9.53 Å². The quantitative estimate of drug-likeness (QED) is 0.515. The van der Waals surface area contributed by atoms with E-state index in [0.717, 1.165) is 56.0 Å². The lowest BCUT2D eigenvalue weighted by Crippen LogP contribution is -2.57. The van der Waals surface area contributed by atoms with E-state index >= 15 is 0 Å². The summed E-state index contributed by atoms with van der Waals surface area (Å²) in [5.74, 6) is 4.89. The number of fused-ring (bicyclic) bond motifs is 4. The largest absolute Gasteiger partial charge is 0.390 e. The van der Waals surface area contributed by atoms with Crippen molar-refractivity contribution in [2.24, 2.45) is 51.8 Å². The Labute approximate surface area is 213 Å². The molecule has 0 radical (unpaired) electrons. The maximum Gasteiger partial charge on any atom is 0.222 e. The first kappa shape index (κ1) is 24.7. The Morgan fingerprint density at radius 2 is 1.80 bits per heavy atom. The summed E-state index contributed by atoms with van der Waals surface area (Å²) >= 11 is 0. The number of piperidine rings is 1. The third-order valence-corrected chi connectivity index (χ3v) is 13.8. The van der Waals surface area contributed by atoms with E-state index in [1.54, 1.807) is 0 Å². The van der Waals surface area contributed by atoms with Crippen molar-refractivity contribution >= 4 is 5.91 Å². The molecule has 10 atom stereocenters. The number of amides is 1. The van der Waals surface area contributed by atoms with E-state index in [4.69, 9.17) is 4.74 Å². The van der Waals surface area contributed by atoms with E-state index in [1.807, 2.05) is 12.0 Å². The van der Waals surface area contributed by atoms with Crippen molar-refractivity contribution in [2.45, 2.75) is 116 Å². The minimum atomic E-state index is -0.553. The van der Waals surface area contributed by atoms with Gasteiger partial charge in [0.15, 0.2) is 0 Å². The normalized spacial score (nSPS) is 50.6. The van der Waals surface area contributed by atoms with Crippen molar-refractivity contribution in [3.63, 3.8) is 0 Å². The molecular formula is C31H51NO3. The highest BCUT2D eigenvalue weighted by molar-refractivity contribution is 5.76. The molecule has 1 amide bonds. The van der Waals surface area contributed by atoms with Crippen LogP contribution >= 0.6 is 0 Å². The topological polar surface area (TPSA) is 49.8 Å². The van der Waals surface area contributed by atoms with Crippen molar-refractivity contribution in [3.05, 3.63) is 0 Å². The van der Waals surface area contributed by atoms with Crippen LogP contribution in [0.4, 0.5) is 0 Å². The molecule has 1 spiro atoms. The zero-order chi connectivity index (χ0) is 24.8. The van der Waals surface area contributed by atoms with Crippen LogP contribution in [0.1, 0.15) is 105 Å². The van der Waals surface area contributed by atoms with Crippen LogP contribution in [0, 0.1) is 51.8 Å². The van der Waals surface area contributed by atoms with Gasteiger partial charge in [-0.3, -0.25) is 4.79 Å². The second kappa shape index (κ2) is 8.19. The Morgan fingerprint density at radius 3 is 2.46 bits per heavy atom. The Bertz CT molecular complexity index is 850. The van der Waals surface area contributed by atoms with E-state index in [2.05, 4.69) is 27.7 Å². The minimum absolute atomic E-state index is 0.327. The second-order valence-electron chi connectivity index (χ2n) is 14.6. The van der Waals surface area contributed by atoms with Crippen molar-refractivity contribution in [1.82, 2.24) is 4.90 Å². The Kier molecular flexibility index (Phi) is 5.78. The molecule has 6 rings (SSSR count). The maximum atomic E-state index is 13.3. The number of likely N-dealkylation sites (tertiary alicyclic amines) is 1. The number of aliphatic hydroxyl groups is 1. The molecule has 6 aliphatic rings. The number of nitrogens with zero attached hydrogens (tertiary/aromatic N) is 1. The summed E-state index contributed by atoms with van der Waals surface area (Å²) in [5.41, 5.74) is 0.831. The van der Waals surface area contributed by atoms with E-state index in [9.17, 15) is 9.90 Å². The molecule has 35 heavy (non-hydrogen) atoms. The first-order chi connectivity index (χ1) is 16.6. The van der Waals surface area contributed by atoms with Crippen LogP contribution in [0.2, 0.25) is 0 Å². The van der Waals surface area contributed by atoms with Gasteiger partial charge in [0.25, 0.3) is 0 Å². The standard InChI is InChI=1S/C31H51NO3/c1-6-30(34)13-15-32(16-14-30)27(33)17-20(2)23-7-8-24-22-18-26(35-5)31-19-21(31)9-12-29(31,4)25(22)10-11-28(23,24)3/h20-26,34H,6-19H2,1-5H3/t20-,21-,22+,23-,24+,25+,26?,28-,29-,31+/m1/s1. The van der Waals surface area contributed by atoms with Crippen LogP contribution in [0.15, 0.2) is 0 Å². The molecule has 4 nitrogen and oxygen atoms in total. The van der Waals surface area contributed by atoms with E-state index in [1.165, 1.54) is 51.4 Å². The highest BCUT2D eigenvalue weighted by Crippen LogP contribution is 2.82. The Hall–Kier alpha value is -0.610. The van der Waals surface area contributed by atoms with Gasteiger partial charge >= 0.3 is 0 Å². The zero-order valence-corrected chi connectivity index (χ0v) is 23.2. The maximum absolute atomic E-state index is 13.3.